The van der Waals surface area contributed by atoms with Crippen LogP contribution in [0.5, 0.6) is 0 Å². The van der Waals surface area contributed by atoms with Crippen LogP contribution >= 0.6 is 0 Å². The van der Waals surface area contributed by atoms with Crippen molar-refractivity contribution >= 4 is 0 Å². The first kappa shape index (κ1) is 16.0. The minimum Gasteiger partial charge on any atom is -0.317 e. The molecule has 1 fully saturated rings. The summed E-state index contributed by atoms with van der Waals surface area (Å²) in [6.07, 6.45) is 11.4. The normalized spacial score (nSPS) is 21.8. The quantitative estimate of drug-likeness (QED) is 0.672. The molecule has 1 heteroatoms. The Hall–Kier alpha value is -0.0400. The van der Waals surface area contributed by atoms with Gasteiger partial charge in [0.25, 0.3) is 0 Å². The number of rotatable bonds is 7. The third-order valence-electron chi connectivity index (χ3n) is 5.23. The first-order chi connectivity index (χ1) is 8.53. The van der Waals surface area contributed by atoms with Gasteiger partial charge in [-0.1, -0.05) is 65.7 Å². The summed E-state index contributed by atoms with van der Waals surface area (Å²) >= 11 is 0. The molecule has 0 bridgehead atoms. The zero-order valence-electron chi connectivity index (χ0n) is 13.4. The van der Waals surface area contributed by atoms with E-state index in [2.05, 4.69) is 40.1 Å². The van der Waals surface area contributed by atoms with Crippen molar-refractivity contribution < 1.29 is 0 Å². The molecule has 108 valence electrons. The average Bonchev–Trinajstić information content (AvgIpc) is 2.37. The zero-order valence-corrected chi connectivity index (χ0v) is 13.4. The molecule has 0 radical (unpaired) electrons. The molecule has 1 aliphatic rings. The van der Waals surface area contributed by atoms with Crippen molar-refractivity contribution in [3.05, 3.63) is 0 Å². The second-order valence-electron chi connectivity index (χ2n) is 7.09. The lowest BCUT2D eigenvalue weighted by Crippen LogP contribution is -2.44. The summed E-state index contributed by atoms with van der Waals surface area (Å²) in [6, 6.07) is 0.653. The maximum atomic E-state index is 3.54. The highest BCUT2D eigenvalue weighted by molar-refractivity contribution is 4.90. The molecule has 1 aliphatic carbocycles. The van der Waals surface area contributed by atoms with E-state index >= 15 is 0 Å². The van der Waals surface area contributed by atoms with Crippen LogP contribution in [0, 0.1) is 17.3 Å². The second kappa shape index (κ2) is 7.53. The Morgan fingerprint density at radius 1 is 1.17 bits per heavy atom. The Labute approximate surface area is 115 Å². The summed E-state index contributed by atoms with van der Waals surface area (Å²) in [7, 11) is 2.14. The lowest BCUT2D eigenvalue weighted by molar-refractivity contribution is 0.0692. The molecule has 0 amide bonds. The van der Waals surface area contributed by atoms with Crippen LogP contribution in [0.4, 0.5) is 0 Å². The Morgan fingerprint density at radius 3 is 2.28 bits per heavy atom. The molecular weight excluding hydrogens is 218 g/mol. The predicted octanol–water partition coefficient (Wildman–Crippen LogP) is 5.01. The molecule has 0 spiro atoms. The molecule has 0 aromatic heterocycles. The summed E-state index contributed by atoms with van der Waals surface area (Å²) < 4.78 is 0. The molecule has 1 rings (SSSR count). The SMILES string of the molecule is CCCCC(C)(C)[C@@H](C1CCCCC1)[C@H](C)NC. The van der Waals surface area contributed by atoms with E-state index in [-0.39, 0.29) is 0 Å². The van der Waals surface area contributed by atoms with E-state index in [1.807, 2.05) is 0 Å². The maximum Gasteiger partial charge on any atom is 0.00717 e. The van der Waals surface area contributed by atoms with Crippen LogP contribution in [0.15, 0.2) is 0 Å². The summed E-state index contributed by atoms with van der Waals surface area (Å²) in [5.74, 6) is 1.79. The third kappa shape index (κ3) is 4.26. The topological polar surface area (TPSA) is 12.0 Å². The molecule has 0 unspecified atom stereocenters. The van der Waals surface area contributed by atoms with Crippen molar-refractivity contribution in [3.63, 3.8) is 0 Å². The van der Waals surface area contributed by atoms with Gasteiger partial charge >= 0.3 is 0 Å². The molecule has 1 nitrogen and oxygen atoms in total. The van der Waals surface area contributed by atoms with Gasteiger partial charge < -0.3 is 5.32 Å². The van der Waals surface area contributed by atoms with Crippen molar-refractivity contribution in [2.45, 2.75) is 85.1 Å². The van der Waals surface area contributed by atoms with E-state index in [9.17, 15) is 0 Å². The average molecular weight is 253 g/mol. The molecule has 2 atom stereocenters. The monoisotopic (exact) mass is 253 g/mol. The largest absolute Gasteiger partial charge is 0.317 e. The molecule has 1 N–H and O–H groups in total. The van der Waals surface area contributed by atoms with Gasteiger partial charge in [-0.2, -0.15) is 0 Å². The van der Waals surface area contributed by atoms with Gasteiger partial charge in [0.05, 0.1) is 0 Å². The first-order valence-electron chi connectivity index (χ1n) is 8.20. The number of nitrogens with one attached hydrogen (secondary N) is 1. The van der Waals surface area contributed by atoms with Crippen LogP contribution in [0.1, 0.15) is 79.1 Å². The van der Waals surface area contributed by atoms with E-state index in [0.29, 0.717) is 11.5 Å². The van der Waals surface area contributed by atoms with Crippen LogP contribution in [0.2, 0.25) is 0 Å². The highest BCUT2D eigenvalue weighted by atomic mass is 14.9. The molecule has 0 aromatic carbocycles. The van der Waals surface area contributed by atoms with Gasteiger partial charge in [-0.3, -0.25) is 0 Å². The van der Waals surface area contributed by atoms with Gasteiger partial charge in [-0.15, -0.1) is 0 Å². The van der Waals surface area contributed by atoms with Gasteiger partial charge in [0.1, 0.15) is 0 Å². The maximum absolute atomic E-state index is 3.54. The van der Waals surface area contributed by atoms with Crippen LogP contribution < -0.4 is 5.32 Å². The van der Waals surface area contributed by atoms with E-state index in [1.54, 1.807) is 0 Å². The van der Waals surface area contributed by atoms with Gasteiger partial charge in [0.15, 0.2) is 0 Å². The van der Waals surface area contributed by atoms with E-state index in [0.717, 1.165) is 11.8 Å². The minimum absolute atomic E-state index is 0.487. The van der Waals surface area contributed by atoms with Gasteiger partial charge in [-0.25, -0.2) is 0 Å². The molecule has 0 aromatic rings. The van der Waals surface area contributed by atoms with E-state index in [4.69, 9.17) is 0 Å². The molecule has 0 heterocycles. The smallest absolute Gasteiger partial charge is 0.00717 e. The number of hydrogen-bond donors (Lipinski definition) is 1. The van der Waals surface area contributed by atoms with Crippen molar-refractivity contribution in [2.75, 3.05) is 7.05 Å². The standard InChI is InChI=1S/C17H35N/c1-6-7-13-17(3,4)16(14(2)18-5)15-11-9-8-10-12-15/h14-16,18H,6-13H2,1-5H3/t14-,16+/m0/s1. The van der Waals surface area contributed by atoms with Crippen molar-refractivity contribution in [3.8, 4) is 0 Å². The Balaban J connectivity index is 2.75. The molecule has 18 heavy (non-hydrogen) atoms. The Bertz CT molecular complexity index is 216. The van der Waals surface area contributed by atoms with Crippen LogP contribution in [0.3, 0.4) is 0 Å². The fourth-order valence-electron chi connectivity index (χ4n) is 4.19. The third-order valence-corrected chi connectivity index (χ3v) is 5.23. The fraction of sp³-hybridized carbons (Fsp3) is 1.00. The minimum atomic E-state index is 0.487. The Kier molecular flexibility index (Phi) is 6.70. The zero-order chi connectivity index (χ0) is 13.6. The highest BCUT2D eigenvalue weighted by Crippen LogP contribution is 2.44. The molecule has 1 saturated carbocycles. The number of unbranched alkanes of at least 4 members (excludes halogenated alkanes) is 1. The lowest BCUT2D eigenvalue weighted by Gasteiger charge is -2.45. The second-order valence-corrected chi connectivity index (χ2v) is 7.09. The van der Waals surface area contributed by atoms with Gasteiger partial charge in [0, 0.05) is 6.04 Å². The van der Waals surface area contributed by atoms with Crippen LogP contribution in [-0.2, 0) is 0 Å². The van der Waals surface area contributed by atoms with Gasteiger partial charge in [0.2, 0.25) is 0 Å². The first-order valence-corrected chi connectivity index (χ1v) is 8.20. The highest BCUT2D eigenvalue weighted by Gasteiger charge is 2.38. The summed E-state index contributed by atoms with van der Waals surface area (Å²) in [4.78, 5) is 0. The van der Waals surface area contributed by atoms with Crippen molar-refractivity contribution in [1.82, 2.24) is 5.32 Å². The lowest BCUT2D eigenvalue weighted by atomic mass is 9.63. The molecule has 0 aliphatic heterocycles. The fourth-order valence-corrected chi connectivity index (χ4v) is 4.19. The van der Waals surface area contributed by atoms with Crippen molar-refractivity contribution in [1.29, 1.82) is 0 Å². The van der Waals surface area contributed by atoms with E-state index < -0.39 is 0 Å². The molecular formula is C17H35N. The summed E-state index contributed by atoms with van der Waals surface area (Å²) in [6.45, 7) is 9.73. The van der Waals surface area contributed by atoms with Crippen molar-refractivity contribution in [2.24, 2.45) is 17.3 Å². The predicted molar refractivity (Wildman–Crippen MR) is 81.9 cm³/mol. The van der Waals surface area contributed by atoms with Crippen LogP contribution in [0.25, 0.3) is 0 Å². The van der Waals surface area contributed by atoms with Gasteiger partial charge in [-0.05, 0) is 37.6 Å². The Morgan fingerprint density at radius 2 is 1.78 bits per heavy atom. The number of hydrogen-bond acceptors (Lipinski definition) is 1. The van der Waals surface area contributed by atoms with Crippen LogP contribution in [-0.4, -0.2) is 13.1 Å². The summed E-state index contributed by atoms with van der Waals surface area (Å²) in [5.41, 5.74) is 0.487. The summed E-state index contributed by atoms with van der Waals surface area (Å²) in [5, 5.41) is 3.54. The molecule has 0 saturated heterocycles. The van der Waals surface area contributed by atoms with E-state index in [1.165, 1.54) is 51.4 Å².